The first-order valence-corrected chi connectivity index (χ1v) is 5.44. The summed E-state index contributed by atoms with van der Waals surface area (Å²) < 4.78 is 5.41. The number of thiazole rings is 1. The molecule has 1 saturated heterocycles. The number of anilines is 1. The van der Waals surface area contributed by atoms with E-state index in [9.17, 15) is 0 Å². The summed E-state index contributed by atoms with van der Waals surface area (Å²) in [5.41, 5.74) is 5.56. The van der Waals surface area contributed by atoms with Gasteiger partial charge in [0.05, 0.1) is 0 Å². The number of nitrogen functional groups attached to an aromatic ring is 1. The largest absolute Gasteiger partial charge is 0.381 e. The molecule has 2 N–H and O–H groups in total. The van der Waals surface area contributed by atoms with Crippen molar-refractivity contribution in [2.24, 2.45) is 5.92 Å². The van der Waals surface area contributed by atoms with Crippen LogP contribution in [0.15, 0.2) is 6.20 Å². The molecular formula is C9H15ClN2OS. The Hall–Kier alpha value is -0.320. The number of hydrogen-bond acceptors (Lipinski definition) is 4. The molecule has 3 nitrogen and oxygen atoms in total. The molecule has 0 spiro atoms. The van der Waals surface area contributed by atoms with Crippen LogP contribution in [0.25, 0.3) is 0 Å². The second kappa shape index (κ2) is 5.53. The molecule has 1 fully saturated rings. The Balaban J connectivity index is 0.000000980. The van der Waals surface area contributed by atoms with E-state index >= 15 is 0 Å². The van der Waals surface area contributed by atoms with Gasteiger partial charge in [-0.2, -0.15) is 0 Å². The first-order chi connectivity index (χ1) is 6.34. The first-order valence-electron chi connectivity index (χ1n) is 4.62. The molecule has 0 amide bonds. The fourth-order valence-electron chi connectivity index (χ4n) is 1.67. The highest BCUT2D eigenvalue weighted by atomic mass is 35.5. The molecule has 5 heteroatoms. The number of nitrogens with two attached hydrogens (primary N) is 1. The van der Waals surface area contributed by atoms with E-state index < -0.39 is 0 Å². The van der Waals surface area contributed by atoms with Crippen LogP contribution in [-0.2, 0) is 11.2 Å². The van der Waals surface area contributed by atoms with Gasteiger partial charge in [0.15, 0.2) is 5.13 Å². The highest BCUT2D eigenvalue weighted by molar-refractivity contribution is 7.15. The van der Waals surface area contributed by atoms with E-state index in [0.717, 1.165) is 19.6 Å². The topological polar surface area (TPSA) is 48.1 Å². The number of aromatic nitrogens is 1. The summed E-state index contributed by atoms with van der Waals surface area (Å²) in [6.45, 7) is 1.83. The van der Waals surface area contributed by atoms with Gasteiger partial charge < -0.3 is 10.5 Å². The van der Waals surface area contributed by atoms with Crippen molar-refractivity contribution >= 4 is 28.9 Å². The van der Waals surface area contributed by atoms with Crippen LogP contribution in [0.3, 0.4) is 0 Å². The normalized spacial score (nSPS) is 21.6. The lowest BCUT2D eigenvalue weighted by Gasteiger charge is -2.20. The minimum atomic E-state index is 0. The van der Waals surface area contributed by atoms with Crippen LogP contribution >= 0.6 is 23.7 Å². The maximum atomic E-state index is 5.56. The van der Waals surface area contributed by atoms with Crippen molar-refractivity contribution in [3.05, 3.63) is 11.1 Å². The van der Waals surface area contributed by atoms with E-state index in [1.807, 2.05) is 6.20 Å². The molecule has 0 aromatic carbocycles. The third kappa shape index (κ3) is 3.12. The summed E-state index contributed by atoms with van der Waals surface area (Å²) in [5.74, 6) is 0.675. The Morgan fingerprint density at radius 1 is 1.64 bits per heavy atom. The van der Waals surface area contributed by atoms with E-state index in [4.69, 9.17) is 10.5 Å². The molecule has 0 radical (unpaired) electrons. The second-order valence-corrected chi connectivity index (χ2v) is 4.60. The van der Waals surface area contributed by atoms with Gasteiger partial charge in [-0.1, -0.05) is 0 Å². The zero-order chi connectivity index (χ0) is 9.10. The summed E-state index contributed by atoms with van der Waals surface area (Å²) >= 11 is 1.59. The Bertz CT molecular complexity index is 274. The molecule has 0 aliphatic carbocycles. The lowest BCUT2D eigenvalue weighted by atomic mass is 9.98. The maximum Gasteiger partial charge on any atom is 0.180 e. The molecule has 1 unspecified atom stereocenters. The van der Waals surface area contributed by atoms with Gasteiger partial charge >= 0.3 is 0 Å². The average molecular weight is 235 g/mol. The fraction of sp³-hybridized carbons (Fsp3) is 0.667. The zero-order valence-electron chi connectivity index (χ0n) is 7.94. The number of halogens is 1. The fourth-order valence-corrected chi connectivity index (χ4v) is 2.47. The Labute approximate surface area is 94.1 Å². The Morgan fingerprint density at radius 3 is 3.07 bits per heavy atom. The summed E-state index contributed by atoms with van der Waals surface area (Å²) in [6.07, 6.45) is 5.43. The highest BCUT2D eigenvalue weighted by Gasteiger charge is 2.15. The van der Waals surface area contributed by atoms with E-state index in [-0.39, 0.29) is 12.4 Å². The third-order valence-corrected chi connectivity index (χ3v) is 3.16. The van der Waals surface area contributed by atoms with Crippen molar-refractivity contribution in [3.8, 4) is 0 Å². The van der Waals surface area contributed by atoms with Gasteiger partial charge in [0.2, 0.25) is 0 Å². The molecule has 1 aromatic heterocycles. The monoisotopic (exact) mass is 234 g/mol. The molecule has 1 aromatic rings. The van der Waals surface area contributed by atoms with E-state index in [1.165, 1.54) is 17.7 Å². The predicted molar refractivity (Wildman–Crippen MR) is 61.0 cm³/mol. The van der Waals surface area contributed by atoms with E-state index in [1.54, 1.807) is 11.3 Å². The van der Waals surface area contributed by atoms with Gasteiger partial charge in [-0.3, -0.25) is 0 Å². The first kappa shape index (κ1) is 11.8. The van der Waals surface area contributed by atoms with Crippen LogP contribution < -0.4 is 5.73 Å². The van der Waals surface area contributed by atoms with Crippen LogP contribution in [0.2, 0.25) is 0 Å². The minimum Gasteiger partial charge on any atom is -0.381 e. The van der Waals surface area contributed by atoms with Crippen molar-refractivity contribution in [1.82, 2.24) is 4.98 Å². The maximum absolute atomic E-state index is 5.56. The third-order valence-electron chi connectivity index (χ3n) is 2.32. The molecular weight excluding hydrogens is 220 g/mol. The van der Waals surface area contributed by atoms with Crippen LogP contribution in [0.4, 0.5) is 5.13 Å². The van der Waals surface area contributed by atoms with Gasteiger partial charge in [0.25, 0.3) is 0 Å². The van der Waals surface area contributed by atoms with Gasteiger partial charge in [0, 0.05) is 24.3 Å². The molecule has 2 rings (SSSR count). The lowest BCUT2D eigenvalue weighted by molar-refractivity contribution is 0.0553. The van der Waals surface area contributed by atoms with Gasteiger partial charge in [-0.25, -0.2) is 4.98 Å². The lowest BCUT2D eigenvalue weighted by Crippen LogP contribution is -2.18. The summed E-state index contributed by atoms with van der Waals surface area (Å²) in [5, 5.41) is 0.673. The van der Waals surface area contributed by atoms with Crippen molar-refractivity contribution in [3.63, 3.8) is 0 Å². The molecule has 14 heavy (non-hydrogen) atoms. The van der Waals surface area contributed by atoms with Crippen LogP contribution in [0, 0.1) is 5.92 Å². The van der Waals surface area contributed by atoms with Crippen molar-refractivity contribution in [1.29, 1.82) is 0 Å². The van der Waals surface area contributed by atoms with Crippen LogP contribution in [0.1, 0.15) is 17.7 Å². The molecule has 1 atom stereocenters. The molecule has 1 aliphatic heterocycles. The quantitative estimate of drug-likeness (QED) is 0.853. The van der Waals surface area contributed by atoms with Crippen LogP contribution in [-0.4, -0.2) is 18.2 Å². The molecule has 0 bridgehead atoms. The SMILES string of the molecule is Cl.Nc1ncc(CC2CCCOC2)s1. The average Bonchev–Trinajstić information content (AvgIpc) is 2.53. The summed E-state index contributed by atoms with van der Waals surface area (Å²) in [6, 6.07) is 0. The van der Waals surface area contributed by atoms with Crippen molar-refractivity contribution < 1.29 is 4.74 Å². The van der Waals surface area contributed by atoms with Gasteiger partial charge in [-0.15, -0.1) is 23.7 Å². The minimum absolute atomic E-state index is 0. The molecule has 1 aliphatic rings. The summed E-state index contributed by atoms with van der Waals surface area (Å²) in [7, 11) is 0. The summed E-state index contributed by atoms with van der Waals surface area (Å²) in [4.78, 5) is 5.32. The van der Waals surface area contributed by atoms with E-state index in [2.05, 4.69) is 4.98 Å². The molecule has 2 heterocycles. The second-order valence-electron chi connectivity index (χ2n) is 3.45. The van der Waals surface area contributed by atoms with Gasteiger partial charge in [-0.05, 0) is 25.2 Å². The predicted octanol–water partition coefficient (Wildman–Crippen LogP) is 2.12. The standard InChI is InChI=1S/C9H14N2OS.ClH/c10-9-11-5-8(13-9)4-7-2-1-3-12-6-7;/h5,7H,1-4,6H2,(H2,10,11);1H. The number of hydrogen-bond donors (Lipinski definition) is 1. The number of ether oxygens (including phenoxy) is 1. The van der Waals surface area contributed by atoms with Crippen molar-refractivity contribution in [2.45, 2.75) is 19.3 Å². The Kier molecular flexibility index (Phi) is 4.65. The number of rotatable bonds is 2. The van der Waals surface area contributed by atoms with Crippen LogP contribution in [0.5, 0.6) is 0 Å². The van der Waals surface area contributed by atoms with Gasteiger partial charge in [0.1, 0.15) is 0 Å². The van der Waals surface area contributed by atoms with E-state index in [0.29, 0.717) is 11.0 Å². The molecule has 0 saturated carbocycles. The smallest absolute Gasteiger partial charge is 0.180 e. The number of nitrogens with zero attached hydrogens (tertiary/aromatic N) is 1. The Morgan fingerprint density at radius 2 is 2.50 bits per heavy atom. The zero-order valence-corrected chi connectivity index (χ0v) is 9.57. The highest BCUT2D eigenvalue weighted by Crippen LogP contribution is 2.23. The molecule has 80 valence electrons. The van der Waals surface area contributed by atoms with Crippen molar-refractivity contribution in [2.75, 3.05) is 18.9 Å².